The monoisotopic (exact) mass is 383 g/mol. The SMILES string of the molecule is CCc1cccc(C(=O)NCCN2CCc3cc(OC)c(OC)cc3C2)c1N. The highest BCUT2D eigenvalue weighted by molar-refractivity contribution is 5.99. The number of carbonyl (C=O) groups is 1. The topological polar surface area (TPSA) is 76.8 Å². The van der Waals surface area contributed by atoms with E-state index in [0.717, 1.165) is 49.5 Å². The number of nitrogens with one attached hydrogen (secondary N) is 1. The molecule has 0 unspecified atom stereocenters. The summed E-state index contributed by atoms with van der Waals surface area (Å²) in [4.78, 5) is 14.8. The fraction of sp³-hybridized carbons (Fsp3) is 0.409. The number of para-hydroxylation sites is 1. The Labute approximate surface area is 166 Å². The average Bonchev–Trinajstić information content (AvgIpc) is 2.72. The first-order valence-electron chi connectivity index (χ1n) is 9.69. The predicted molar refractivity (Wildman–Crippen MR) is 111 cm³/mol. The molecule has 0 aromatic heterocycles. The van der Waals surface area contributed by atoms with Crippen molar-refractivity contribution in [2.24, 2.45) is 0 Å². The van der Waals surface area contributed by atoms with E-state index in [9.17, 15) is 4.79 Å². The Balaban J connectivity index is 1.57. The molecule has 0 fully saturated rings. The summed E-state index contributed by atoms with van der Waals surface area (Å²) in [7, 11) is 3.31. The van der Waals surface area contributed by atoms with Gasteiger partial charge in [-0.15, -0.1) is 0 Å². The molecule has 0 saturated carbocycles. The molecule has 6 nitrogen and oxygen atoms in total. The molecule has 2 aromatic rings. The Morgan fingerprint density at radius 3 is 2.57 bits per heavy atom. The number of methoxy groups -OCH3 is 2. The van der Waals surface area contributed by atoms with Gasteiger partial charge in [-0.05, 0) is 47.7 Å². The number of anilines is 1. The number of nitrogen functional groups attached to an aromatic ring is 1. The van der Waals surface area contributed by atoms with Crippen LogP contribution in [0.5, 0.6) is 11.5 Å². The molecule has 1 aliphatic heterocycles. The van der Waals surface area contributed by atoms with E-state index >= 15 is 0 Å². The smallest absolute Gasteiger partial charge is 0.253 e. The third-order valence-electron chi connectivity index (χ3n) is 5.33. The number of nitrogens with zero attached hydrogens (tertiary/aromatic N) is 1. The molecular weight excluding hydrogens is 354 g/mol. The van der Waals surface area contributed by atoms with Crippen LogP contribution in [0, 0.1) is 0 Å². The minimum absolute atomic E-state index is 0.114. The number of benzene rings is 2. The second kappa shape index (κ2) is 8.97. The Morgan fingerprint density at radius 2 is 1.89 bits per heavy atom. The molecule has 1 heterocycles. The molecule has 0 saturated heterocycles. The molecule has 1 amide bonds. The van der Waals surface area contributed by atoms with Crippen LogP contribution in [0.4, 0.5) is 5.69 Å². The van der Waals surface area contributed by atoms with Crippen molar-refractivity contribution in [2.45, 2.75) is 26.3 Å². The summed E-state index contributed by atoms with van der Waals surface area (Å²) in [5.41, 5.74) is 10.8. The zero-order valence-electron chi connectivity index (χ0n) is 16.9. The summed E-state index contributed by atoms with van der Waals surface area (Å²) in [5.74, 6) is 1.41. The molecule has 150 valence electrons. The lowest BCUT2D eigenvalue weighted by atomic mass is 9.99. The lowest BCUT2D eigenvalue weighted by Gasteiger charge is -2.29. The summed E-state index contributed by atoms with van der Waals surface area (Å²) in [6.07, 6.45) is 1.77. The Bertz CT molecular complexity index is 851. The van der Waals surface area contributed by atoms with Crippen LogP contribution in [-0.4, -0.2) is 44.7 Å². The molecule has 28 heavy (non-hydrogen) atoms. The van der Waals surface area contributed by atoms with Crippen molar-refractivity contribution in [1.82, 2.24) is 10.2 Å². The van der Waals surface area contributed by atoms with E-state index in [1.54, 1.807) is 20.3 Å². The molecule has 1 aliphatic rings. The molecule has 3 N–H and O–H groups in total. The lowest BCUT2D eigenvalue weighted by Crippen LogP contribution is -2.38. The van der Waals surface area contributed by atoms with Crippen molar-refractivity contribution in [1.29, 1.82) is 0 Å². The first-order valence-corrected chi connectivity index (χ1v) is 9.69. The quantitative estimate of drug-likeness (QED) is 0.719. The lowest BCUT2D eigenvalue weighted by molar-refractivity contribution is 0.0948. The van der Waals surface area contributed by atoms with Gasteiger partial charge in [-0.1, -0.05) is 19.1 Å². The molecule has 0 aliphatic carbocycles. The van der Waals surface area contributed by atoms with Gasteiger partial charge >= 0.3 is 0 Å². The number of hydrogen-bond acceptors (Lipinski definition) is 5. The largest absolute Gasteiger partial charge is 0.493 e. The van der Waals surface area contributed by atoms with E-state index in [2.05, 4.69) is 22.3 Å². The minimum Gasteiger partial charge on any atom is -0.493 e. The van der Waals surface area contributed by atoms with E-state index in [4.69, 9.17) is 15.2 Å². The van der Waals surface area contributed by atoms with E-state index < -0.39 is 0 Å². The van der Waals surface area contributed by atoms with E-state index in [-0.39, 0.29) is 5.91 Å². The van der Waals surface area contributed by atoms with Crippen LogP contribution < -0.4 is 20.5 Å². The van der Waals surface area contributed by atoms with Crippen LogP contribution in [0.1, 0.15) is 34.0 Å². The summed E-state index contributed by atoms with van der Waals surface area (Å²) in [5, 5.41) is 3.00. The zero-order chi connectivity index (χ0) is 20.1. The van der Waals surface area contributed by atoms with Gasteiger partial charge in [0.2, 0.25) is 0 Å². The fourth-order valence-electron chi connectivity index (χ4n) is 3.67. The van der Waals surface area contributed by atoms with Gasteiger partial charge < -0.3 is 20.5 Å². The molecule has 0 bridgehead atoms. The van der Waals surface area contributed by atoms with Crippen molar-refractivity contribution in [2.75, 3.05) is 39.6 Å². The number of nitrogens with two attached hydrogens (primary N) is 1. The number of aryl methyl sites for hydroxylation is 1. The molecule has 6 heteroatoms. The first-order chi connectivity index (χ1) is 13.6. The van der Waals surface area contributed by atoms with Gasteiger partial charge in [0.1, 0.15) is 0 Å². The van der Waals surface area contributed by atoms with Crippen molar-refractivity contribution in [3.63, 3.8) is 0 Å². The van der Waals surface area contributed by atoms with Gasteiger partial charge in [0.05, 0.1) is 19.8 Å². The summed E-state index contributed by atoms with van der Waals surface area (Å²) in [6, 6.07) is 9.74. The third-order valence-corrected chi connectivity index (χ3v) is 5.33. The molecular formula is C22H29N3O3. The maximum atomic E-state index is 12.5. The first kappa shape index (κ1) is 20.0. The molecule has 3 rings (SSSR count). The van der Waals surface area contributed by atoms with Crippen LogP contribution in [-0.2, 0) is 19.4 Å². The highest BCUT2D eigenvalue weighted by atomic mass is 16.5. The Hall–Kier alpha value is -2.73. The Morgan fingerprint density at radius 1 is 1.18 bits per heavy atom. The third kappa shape index (κ3) is 4.22. The standard InChI is InChI=1S/C22H29N3O3/c1-4-15-6-5-7-18(21(15)23)22(26)24-9-11-25-10-8-16-12-19(27-2)20(28-3)13-17(16)14-25/h5-7,12-13H,4,8-11,14,23H2,1-3H3,(H,24,26). The summed E-state index contributed by atoms with van der Waals surface area (Å²) >= 11 is 0. The Kier molecular flexibility index (Phi) is 6.41. The van der Waals surface area contributed by atoms with Crippen LogP contribution >= 0.6 is 0 Å². The average molecular weight is 383 g/mol. The maximum absolute atomic E-state index is 12.5. The van der Waals surface area contributed by atoms with Crippen LogP contribution in [0.25, 0.3) is 0 Å². The van der Waals surface area contributed by atoms with Crippen LogP contribution in [0.3, 0.4) is 0 Å². The maximum Gasteiger partial charge on any atom is 0.253 e. The zero-order valence-corrected chi connectivity index (χ0v) is 16.9. The van der Waals surface area contributed by atoms with E-state index in [0.29, 0.717) is 17.8 Å². The number of hydrogen-bond donors (Lipinski definition) is 2. The van der Waals surface area contributed by atoms with Crippen molar-refractivity contribution in [3.8, 4) is 11.5 Å². The van der Waals surface area contributed by atoms with E-state index in [1.165, 1.54) is 11.1 Å². The normalized spacial score (nSPS) is 13.7. The van der Waals surface area contributed by atoms with Gasteiger partial charge in [0, 0.05) is 31.9 Å². The second-order valence-electron chi connectivity index (χ2n) is 6.99. The summed E-state index contributed by atoms with van der Waals surface area (Å²) < 4.78 is 10.8. The van der Waals surface area contributed by atoms with Crippen LogP contribution in [0.15, 0.2) is 30.3 Å². The minimum atomic E-state index is -0.114. The van der Waals surface area contributed by atoms with Gasteiger partial charge in [-0.3, -0.25) is 9.69 Å². The van der Waals surface area contributed by atoms with Crippen molar-refractivity contribution >= 4 is 11.6 Å². The molecule has 0 spiro atoms. The fourth-order valence-corrected chi connectivity index (χ4v) is 3.67. The van der Waals surface area contributed by atoms with Gasteiger partial charge in [0.25, 0.3) is 5.91 Å². The number of carbonyl (C=O) groups excluding carboxylic acids is 1. The number of fused-ring (bicyclic) bond motifs is 1. The molecule has 2 aromatic carbocycles. The summed E-state index contributed by atoms with van der Waals surface area (Å²) in [6.45, 7) is 5.18. The van der Waals surface area contributed by atoms with Crippen molar-refractivity contribution < 1.29 is 14.3 Å². The van der Waals surface area contributed by atoms with Crippen molar-refractivity contribution in [3.05, 3.63) is 52.6 Å². The van der Waals surface area contributed by atoms with Crippen LogP contribution in [0.2, 0.25) is 0 Å². The van der Waals surface area contributed by atoms with E-state index in [1.807, 2.05) is 19.1 Å². The highest BCUT2D eigenvalue weighted by Gasteiger charge is 2.19. The molecule has 0 radical (unpaired) electrons. The number of rotatable bonds is 7. The second-order valence-corrected chi connectivity index (χ2v) is 6.99. The molecule has 0 atom stereocenters. The van der Waals surface area contributed by atoms with Gasteiger partial charge in [-0.25, -0.2) is 0 Å². The number of ether oxygens (including phenoxy) is 2. The van der Waals surface area contributed by atoms with Gasteiger partial charge in [0.15, 0.2) is 11.5 Å². The highest BCUT2D eigenvalue weighted by Crippen LogP contribution is 2.33. The van der Waals surface area contributed by atoms with Gasteiger partial charge in [-0.2, -0.15) is 0 Å². The number of amides is 1. The predicted octanol–water partition coefficient (Wildman–Crippen LogP) is 2.64.